The molecular formula is C13H14N2O. The molecule has 0 aliphatic heterocycles. The first-order valence-corrected chi connectivity index (χ1v) is 5.43. The van der Waals surface area contributed by atoms with Gasteiger partial charge in [-0.2, -0.15) is 0 Å². The van der Waals surface area contributed by atoms with Crippen LogP contribution in [0.25, 0.3) is 5.69 Å². The number of hydrogen-bond acceptors (Lipinski definition) is 2. The van der Waals surface area contributed by atoms with Crippen molar-refractivity contribution >= 4 is 6.29 Å². The predicted molar refractivity (Wildman–Crippen MR) is 62.9 cm³/mol. The monoisotopic (exact) mass is 214 g/mol. The number of carbonyl (C=O) groups is 1. The summed E-state index contributed by atoms with van der Waals surface area (Å²) in [6.07, 6.45) is 4.40. The van der Waals surface area contributed by atoms with Gasteiger partial charge >= 0.3 is 0 Å². The Morgan fingerprint density at radius 2 is 2.06 bits per heavy atom. The van der Waals surface area contributed by atoms with Crippen molar-refractivity contribution in [1.82, 2.24) is 9.55 Å². The predicted octanol–water partition coefficient (Wildman–Crippen LogP) is 2.64. The highest BCUT2D eigenvalue weighted by molar-refractivity contribution is 5.74. The first-order chi connectivity index (χ1) is 7.86. The minimum atomic E-state index is 0.547. The third-order valence-corrected chi connectivity index (χ3v) is 2.53. The minimum absolute atomic E-state index is 0.547. The second-order valence-electron chi connectivity index (χ2n) is 3.65. The van der Waals surface area contributed by atoms with E-state index in [9.17, 15) is 4.79 Å². The second kappa shape index (κ2) is 4.75. The molecule has 1 aromatic heterocycles. The summed E-state index contributed by atoms with van der Waals surface area (Å²) in [4.78, 5) is 15.0. The van der Waals surface area contributed by atoms with Gasteiger partial charge in [-0.15, -0.1) is 0 Å². The molecule has 0 N–H and O–H groups in total. The molecule has 82 valence electrons. The molecule has 0 radical (unpaired) electrons. The van der Waals surface area contributed by atoms with Crippen molar-refractivity contribution in [2.45, 2.75) is 19.8 Å². The first kappa shape index (κ1) is 10.6. The van der Waals surface area contributed by atoms with E-state index in [4.69, 9.17) is 0 Å². The summed E-state index contributed by atoms with van der Waals surface area (Å²) in [5, 5.41) is 0. The van der Waals surface area contributed by atoms with Gasteiger partial charge < -0.3 is 4.57 Å². The fourth-order valence-corrected chi connectivity index (χ4v) is 1.78. The number of hydrogen-bond donors (Lipinski definition) is 0. The molecule has 0 fully saturated rings. The van der Waals surface area contributed by atoms with Gasteiger partial charge in [-0.3, -0.25) is 4.79 Å². The molecular weight excluding hydrogens is 200 g/mol. The maximum Gasteiger partial charge on any atom is 0.170 e. The van der Waals surface area contributed by atoms with E-state index in [0.29, 0.717) is 5.69 Å². The van der Waals surface area contributed by atoms with Crippen LogP contribution >= 0.6 is 0 Å². The zero-order valence-electron chi connectivity index (χ0n) is 9.26. The van der Waals surface area contributed by atoms with Gasteiger partial charge in [0.15, 0.2) is 6.29 Å². The Morgan fingerprint density at radius 1 is 1.31 bits per heavy atom. The Hall–Kier alpha value is -1.90. The van der Waals surface area contributed by atoms with Gasteiger partial charge in [0, 0.05) is 5.69 Å². The van der Waals surface area contributed by atoms with Gasteiger partial charge in [-0.25, -0.2) is 4.98 Å². The van der Waals surface area contributed by atoms with Crippen LogP contribution in [0, 0.1) is 0 Å². The lowest BCUT2D eigenvalue weighted by Crippen LogP contribution is -2.00. The lowest BCUT2D eigenvalue weighted by Gasteiger charge is -2.07. The highest BCUT2D eigenvalue weighted by Gasteiger charge is 2.10. The zero-order chi connectivity index (χ0) is 11.4. The fraction of sp³-hybridized carbons (Fsp3) is 0.231. The molecule has 0 spiro atoms. The maximum absolute atomic E-state index is 10.9. The van der Waals surface area contributed by atoms with E-state index in [1.54, 1.807) is 6.33 Å². The molecule has 0 saturated carbocycles. The van der Waals surface area contributed by atoms with Gasteiger partial charge in [-0.1, -0.05) is 31.5 Å². The number of carbonyl (C=O) groups excluding carboxylic acids is 1. The van der Waals surface area contributed by atoms with E-state index in [2.05, 4.69) is 11.9 Å². The van der Waals surface area contributed by atoms with Crippen molar-refractivity contribution in [1.29, 1.82) is 0 Å². The summed E-state index contributed by atoms with van der Waals surface area (Å²) in [6.45, 7) is 2.09. The van der Waals surface area contributed by atoms with E-state index >= 15 is 0 Å². The number of nitrogens with zero attached hydrogens (tertiary/aromatic N) is 2. The van der Waals surface area contributed by atoms with Crippen molar-refractivity contribution < 1.29 is 4.79 Å². The van der Waals surface area contributed by atoms with Crippen LogP contribution in [-0.2, 0) is 6.42 Å². The average molecular weight is 214 g/mol. The quantitative estimate of drug-likeness (QED) is 0.733. The van der Waals surface area contributed by atoms with Crippen LogP contribution in [0.5, 0.6) is 0 Å². The van der Waals surface area contributed by atoms with Crippen molar-refractivity contribution in [3.63, 3.8) is 0 Å². The third kappa shape index (κ3) is 1.89. The van der Waals surface area contributed by atoms with Crippen LogP contribution < -0.4 is 0 Å². The molecule has 0 aliphatic carbocycles. The van der Waals surface area contributed by atoms with E-state index < -0.39 is 0 Å². The van der Waals surface area contributed by atoms with Crippen molar-refractivity contribution in [2.75, 3.05) is 0 Å². The van der Waals surface area contributed by atoms with Crippen molar-refractivity contribution in [3.05, 3.63) is 48.0 Å². The topological polar surface area (TPSA) is 34.9 Å². The maximum atomic E-state index is 10.9. The standard InChI is InChI=1S/C13H14N2O/c1-2-6-13-12(9-16)14-10-15(13)11-7-4-3-5-8-11/h3-5,7-10H,2,6H2,1H3. The lowest BCUT2D eigenvalue weighted by molar-refractivity contribution is 0.111. The largest absolute Gasteiger partial charge is 0.303 e. The number of rotatable bonds is 4. The van der Waals surface area contributed by atoms with E-state index in [0.717, 1.165) is 30.5 Å². The zero-order valence-corrected chi connectivity index (χ0v) is 9.26. The molecule has 1 aromatic carbocycles. The van der Waals surface area contributed by atoms with Gasteiger partial charge in [0.05, 0.1) is 5.69 Å². The SMILES string of the molecule is CCCc1c(C=O)ncn1-c1ccccc1. The van der Waals surface area contributed by atoms with Crippen LogP contribution in [0.2, 0.25) is 0 Å². The Labute approximate surface area is 94.7 Å². The highest BCUT2D eigenvalue weighted by atomic mass is 16.1. The summed E-state index contributed by atoms with van der Waals surface area (Å²) in [6, 6.07) is 9.95. The van der Waals surface area contributed by atoms with E-state index in [-0.39, 0.29) is 0 Å². The van der Waals surface area contributed by atoms with Crippen molar-refractivity contribution in [3.8, 4) is 5.69 Å². The number of aromatic nitrogens is 2. The number of aldehydes is 1. The molecule has 3 heteroatoms. The number of benzene rings is 1. The Morgan fingerprint density at radius 3 is 2.69 bits per heavy atom. The number of para-hydroxylation sites is 1. The average Bonchev–Trinajstić information content (AvgIpc) is 2.74. The Balaban J connectivity index is 2.48. The summed E-state index contributed by atoms with van der Waals surface area (Å²) < 4.78 is 1.98. The van der Waals surface area contributed by atoms with Crippen LogP contribution in [-0.4, -0.2) is 15.8 Å². The molecule has 0 bridgehead atoms. The van der Waals surface area contributed by atoms with E-state index in [1.165, 1.54) is 0 Å². The molecule has 0 atom stereocenters. The Kier molecular flexibility index (Phi) is 3.15. The molecule has 2 aromatic rings. The van der Waals surface area contributed by atoms with Crippen LogP contribution in [0.3, 0.4) is 0 Å². The van der Waals surface area contributed by atoms with Crippen molar-refractivity contribution in [2.24, 2.45) is 0 Å². The van der Waals surface area contributed by atoms with Crippen LogP contribution in [0.1, 0.15) is 29.5 Å². The molecule has 3 nitrogen and oxygen atoms in total. The smallest absolute Gasteiger partial charge is 0.170 e. The van der Waals surface area contributed by atoms with Gasteiger partial charge in [-0.05, 0) is 18.6 Å². The second-order valence-corrected chi connectivity index (χ2v) is 3.65. The fourth-order valence-electron chi connectivity index (χ4n) is 1.78. The number of imidazole rings is 1. The normalized spacial score (nSPS) is 10.3. The van der Waals surface area contributed by atoms with Crippen LogP contribution in [0.4, 0.5) is 0 Å². The van der Waals surface area contributed by atoms with Gasteiger partial charge in [0.25, 0.3) is 0 Å². The first-order valence-electron chi connectivity index (χ1n) is 5.43. The molecule has 2 rings (SSSR count). The van der Waals surface area contributed by atoms with Gasteiger partial charge in [0.1, 0.15) is 12.0 Å². The van der Waals surface area contributed by atoms with Crippen LogP contribution in [0.15, 0.2) is 36.7 Å². The summed E-state index contributed by atoms with van der Waals surface area (Å²) in [5.74, 6) is 0. The van der Waals surface area contributed by atoms with E-state index in [1.807, 2.05) is 34.9 Å². The third-order valence-electron chi connectivity index (χ3n) is 2.53. The molecule has 0 amide bonds. The summed E-state index contributed by atoms with van der Waals surface area (Å²) in [5.41, 5.74) is 2.58. The minimum Gasteiger partial charge on any atom is -0.303 e. The molecule has 0 saturated heterocycles. The summed E-state index contributed by atoms with van der Waals surface area (Å²) in [7, 11) is 0. The molecule has 16 heavy (non-hydrogen) atoms. The molecule has 1 heterocycles. The lowest BCUT2D eigenvalue weighted by atomic mass is 10.2. The molecule has 0 aliphatic rings. The Bertz CT molecular complexity index is 474. The van der Waals surface area contributed by atoms with Gasteiger partial charge in [0.2, 0.25) is 0 Å². The molecule has 0 unspecified atom stereocenters. The summed E-state index contributed by atoms with van der Waals surface area (Å²) >= 11 is 0. The highest BCUT2D eigenvalue weighted by Crippen LogP contribution is 2.15.